The van der Waals surface area contributed by atoms with Gasteiger partial charge >= 0.3 is 0 Å². The van der Waals surface area contributed by atoms with Gasteiger partial charge in [0.15, 0.2) is 0 Å². The van der Waals surface area contributed by atoms with Crippen LogP contribution in [0.2, 0.25) is 0 Å². The summed E-state index contributed by atoms with van der Waals surface area (Å²) in [6, 6.07) is 9.53. The largest absolute Gasteiger partial charge is 0.309 e. The number of hydrogen-bond acceptors (Lipinski definition) is 1. The molecular formula is C17H25N. The van der Waals surface area contributed by atoms with Crippen molar-refractivity contribution >= 4 is 0 Å². The van der Waals surface area contributed by atoms with Crippen molar-refractivity contribution in [2.75, 3.05) is 6.54 Å². The third-order valence-electron chi connectivity index (χ3n) is 5.05. The number of aryl methyl sites for hydroxylation is 1. The van der Waals surface area contributed by atoms with Crippen molar-refractivity contribution in [2.24, 2.45) is 17.3 Å². The first-order valence-corrected chi connectivity index (χ1v) is 7.39. The molecule has 1 aromatic carbocycles. The van der Waals surface area contributed by atoms with Crippen LogP contribution in [0.15, 0.2) is 24.3 Å². The van der Waals surface area contributed by atoms with Crippen molar-refractivity contribution < 1.29 is 0 Å². The first-order chi connectivity index (χ1) is 8.58. The minimum Gasteiger partial charge on any atom is -0.309 e. The highest BCUT2D eigenvalue weighted by Crippen LogP contribution is 2.44. The summed E-state index contributed by atoms with van der Waals surface area (Å²) in [6.07, 6.45) is 3.95. The highest BCUT2D eigenvalue weighted by atomic mass is 14.9. The van der Waals surface area contributed by atoms with Gasteiger partial charge in [-0.05, 0) is 54.2 Å². The molecule has 3 rings (SSSR count). The fraction of sp³-hybridized carbons (Fsp3) is 0.647. The predicted molar refractivity (Wildman–Crippen MR) is 76.6 cm³/mol. The van der Waals surface area contributed by atoms with E-state index in [1.807, 2.05) is 0 Å². The zero-order chi connectivity index (χ0) is 12.8. The van der Waals surface area contributed by atoms with Gasteiger partial charge in [0.2, 0.25) is 0 Å². The van der Waals surface area contributed by atoms with Crippen LogP contribution in [-0.4, -0.2) is 6.54 Å². The molecule has 0 saturated heterocycles. The van der Waals surface area contributed by atoms with Crippen LogP contribution >= 0.6 is 0 Å². The van der Waals surface area contributed by atoms with Gasteiger partial charge < -0.3 is 5.32 Å². The number of benzene rings is 1. The molecule has 3 atom stereocenters. The summed E-state index contributed by atoms with van der Waals surface area (Å²) in [5, 5.41) is 3.86. The number of fused-ring (bicyclic) bond motifs is 1. The molecule has 1 N–H and O–H groups in total. The molecule has 1 saturated carbocycles. The molecule has 0 heterocycles. The molecule has 2 aliphatic carbocycles. The zero-order valence-corrected chi connectivity index (χ0v) is 11.9. The Bertz CT molecular complexity index is 435. The molecule has 0 aromatic heterocycles. The molecule has 0 bridgehead atoms. The van der Waals surface area contributed by atoms with Crippen molar-refractivity contribution in [1.29, 1.82) is 0 Å². The van der Waals surface area contributed by atoms with E-state index in [4.69, 9.17) is 0 Å². The van der Waals surface area contributed by atoms with Crippen LogP contribution in [0.4, 0.5) is 0 Å². The van der Waals surface area contributed by atoms with Gasteiger partial charge in [0, 0.05) is 6.04 Å². The summed E-state index contributed by atoms with van der Waals surface area (Å²) >= 11 is 0. The fourth-order valence-electron chi connectivity index (χ4n) is 3.40. The minimum atomic E-state index is 0.381. The summed E-state index contributed by atoms with van der Waals surface area (Å²) in [7, 11) is 0. The molecule has 3 unspecified atom stereocenters. The van der Waals surface area contributed by atoms with E-state index >= 15 is 0 Å². The van der Waals surface area contributed by atoms with Gasteiger partial charge in [0.05, 0.1) is 0 Å². The first-order valence-electron chi connectivity index (χ1n) is 7.39. The Labute approximate surface area is 111 Å². The maximum atomic E-state index is 3.86. The molecule has 2 aliphatic rings. The van der Waals surface area contributed by atoms with E-state index in [1.165, 1.54) is 25.8 Å². The summed E-state index contributed by atoms with van der Waals surface area (Å²) in [5.41, 5.74) is 3.48. The van der Waals surface area contributed by atoms with Crippen molar-refractivity contribution in [1.82, 2.24) is 5.32 Å². The minimum absolute atomic E-state index is 0.381. The Kier molecular flexibility index (Phi) is 2.97. The van der Waals surface area contributed by atoms with Crippen LogP contribution in [0.5, 0.6) is 0 Å². The third kappa shape index (κ3) is 2.21. The summed E-state index contributed by atoms with van der Waals surface area (Å²) < 4.78 is 0. The van der Waals surface area contributed by atoms with Crippen LogP contribution < -0.4 is 5.32 Å². The second kappa shape index (κ2) is 4.38. The zero-order valence-electron chi connectivity index (χ0n) is 11.9. The van der Waals surface area contributed by atoms with E-state index in [0.29, 0.717) is 11.5 Å². The normalized spacial score (nSPS) is 32.9. The second-order valence-corrected chi connectivity index (χ2v) is 7.00. The highest BCUT2D eigenvalue weighted by Gasteiger charge is 2.38. The van der Waals surface area contributed by atoms with Gasteiger partial charge in [-0.25, -0.2) is 0 Å². The number of nitrogens with one attached hydrogen (secondary N) is 1. The Morgan fingerprint density at radius 1 is 1.28 bits per heavy atom. The van der Waals surface area contributed by atoms with E-state index in [2.05, 4.69) is 50.4 Å². The van der Waals surface area contributed by atoms with Crippen molar-refractivity contribution in [2.45, 2.75) is 46.1 Å². The molecule has 1 fully saturated rings. The summed E-state index contributed by atoms with van der Waals surface area (Å²) in [6.45, 7) is 8.39. The maximum Gasteiger partial charge on any atom is 0.0374 e. The number of rotatable bonds is 3. The summed E-state index contributed by atoms with van der Waals surface area (Å²) in [5.74, 6) is 1.87. The SMILES string of the molecule is CC1CC1CNC1c2ccccc2CCC1(C)C. The fourth-order valence-corrected chi connectivity index (χ4v) is 3.40. The molecular weight excluding hydrogens is 218 g/mol. The van der Waals surface area contributed by atoms with Crippen molar-refractivity contribution in [3.05, 3.63) is 35.4 Å². The monoisotopic (exact) mass is 243 g/mol. The van der Waals surface area contributed by atoms with Crippen molar-refractivity contribution in [3.8, 4) is 0 Å². The van der Waals surface area contributed by atoms with E-state index < -0.39 is 0 Å². The Morgan fingerprint density at radius 3 is 2.72 bits per heavy atom. The number of hydrogen-bond donors (Lipinski definition) is 1. The molecule has 0 amide bonds. The van der Waals surface area contributed by atoms with E-state index in [9.17, 15) is 0 Å². The predicted octanol–water partition coefficient (Wildman–Crippen LogP) is 3.95. The van der Waals surface area contributed by atoms with Gasteiger partial charge in [-0.15, -0.1) is 0 Å². The Hall–Kier alpha value is -0.820. The molecule has 98 valence electrons. The smallest absolute Gasteiger partial charge is 0.0374 e. The highest BCUT2D eigenvalue weighted by molar-refractivity contribution is 5.34. The lowest BCUT2D eigenvalue weighted by atomic mass is 9.70. The summed E-state index contributed by atoms with van der Waals surface area (Å²) in [4.78, 5) is 0. The van der Waals surface area contributed by atoms with Gasteiger partial charge in [0.25, 0.3) is 0 Å². The molecule has 0 spiro atoms. The third-order valence-corrected chi connectivity index (χ3v) is 5.05. The van der Waals surface area contributed by atoms with Crippen molar-refractivity contribution in [3.63, 3.8) is 0 Å². The van der Waals surface area contributed by atoms with Crippen LogP contribution in [0.3, 0.4) is 0 Å². The van der Waals surface area contributed by atoms with Crippen LogP contribution in [0, 0.1) is 17.3 Å². The van der Waals surface area contributed by atoms with Crippen LogP contribution in [0.25, 0.3) is 0 Å². The standard InChI is InChI=1S/C17H25N/c1-12-10-14(12)11-18-16-15-7-5-4-6-13(15)8-9-17(16,2)3/h4-7,12,14,16,18H,8-11H2,1-3H3. The van der Waals surface area contributed by atoms with Gasteiger partial charge in [-0.2, -0.15) is 0 Å². The molecule has 18 heavy (non-hydrogen) atoms. The van der Waals surface area contributed by atoms with Crippen LogP contribution in [-0.2, 0) is 6.42 Å². The second-order valence-electron chi connectivity index (χ2n) is 7.00. The lowest BCUT2D eigenvalue weighted by Crippen LogP contribution is -2.39. The Morgan fingerprint density at radius 2 is 2.00 bits per heavy atom. The molecule has 1 aromatic rings. The lowest BCUT2D eigenvalue weighted by molar-refractivity contribution is 0.207. The van der Waals surface area contributed by atoms with E-state index in [0.717, 1.165) is 11.8 Å². The average molecular weight is 243 g/mol. The molecule has 0 aliphatic heterocycles. The molecule has 1 nitrogen and oxygen atoms in total. The van der Waals surface area contributed by atoms with E-state index in [1.54, 1.807) is 11.1 Å². The quantitative estimate of drug-likeness (QED) is 0.847. The molecule has 0 radical (unpaired) electrons. The average Bonchev–Trinajstić information content (AvgIpc) is 3.03. The first kappa shape index (κ1) is 12.2. The van der Waals surface area contributed by atoms with Gasteiger partial charge in [-0.1, -0.05) is 45.0 Å². The maximum absolute atomic E-state index is 3.86. The lowest BCUT2D eigenvalue weighted by Gasteiger charge is -2.41. The van der Waals surface area contributed by atoms with Gasteiger partial charge in [0.1, 0.15) is 0 Å². The van der Waals surface area contributed by atoms with Gasteiger partial charge in [-0.3, -0.25) is 0 Å². The van der Waals surface area contributed by atoms with Crippen LogP contribution in [0.1, 0.15) is 50.8 Å². The topological polar surface area (TPSA) is 12.0 Å². The van der Waals surface area contributed by atoms with E-state index in [-0.39, 0.29) is 0 Å². The Balaban J connectivity index is 1.80. The molecule has 1 heteroatoms.